The molecule has 2 aromatic heterocycles. The number of aryl methyl sites for hydroxylation is 1. The van der Waals surface area contributed by atoms with Gasteiger partial charge in [-0.3, -0.25) is 0 Å². The maximum absolute atomic E-state index is 14.0. The molecule has 0 fully saturated rings. The average molecular weight is 394 g/mol. The van der Waals surface area contributed by atoms with E-state index in [2.05, 4.69) is 19.4 Å². The molecule has 0 radical (unpaired) electrons. The zero-order valence-corrected chi connectivity index (χ0v) is 14.9. The number of hydrogen-bond acceptors (Lipinski definition) is 5. The Morgan fingerprint density at radius 3 is 2.89 bits per heavy atom. The van der Waals surface area contributed by atoms with E-state index in [0.717, 1.165) is 11.9 Å². The molecule has 1 unspecified atom stereocenters. The maximum Gasteiger partial charge on any atom is 0.217 e. The van der Waals surface area contributed by atoms with E-state index < -0.39 is 21.7 Å². The van der Waals surface area contributed by atoms with Crippen LogP contribution < -0.4 is 4.72 Å². The molecule has 3 aromatic rings. The van der Waals surface area contributed by atoms with Gasteiger partial charge in [0, 0.05) is 42.9 Å². The molecule has 1 aliphatic heterocycles. The average Bonchev–Trinajstić information content (AvgIpc) is 3.22. The van der Waals surface area contributed by atoms with E-state index in [1.54, 1.807) is 10.8 Å². The van der Waals surface area contributed by atoms with E-state index in [-0.39, 0.29) is 17.4 Å². The Bertz CT molecular complexity index is 1060. The molecule has 7 nitrogen and oxygen atoms in total. The summed E-state index contributed by atoms with van der Waals surface area (Å²) in [6.45, 7) is 0.378. The van der Waals surface area contributed by atoms with Crippen LogP contribution >= 0.6 is 0 Å². The lowest BCUT2D eigenvalue weighted by Crippen LogP contribution is -2.41. The standard InChI is InChI=1S/C17H16F2N4O3S/c18-11-1-3-14(15(19)7-11)16-9-23-8-12(2-4-17(23)20-16)22-27(24,25)10-13-5-6-26-21-13/h1,3,5-7,9,12,22H,2,4,8,10H2. The number of hydrogen-bond donors (Lipinski definition) is 1. The molecule has 0 bridgehead atoms. The molecule has 0 saturated carbocycles. The van der Waals surface area contributed by atoms with Crippen molar-refractivity contribution in [2.75, 3.05) is 0 Å². The first kappa shape index (κ1) is 17.8. The number of benzene rings is 1. The van der Waals surface area contributed by atoms with Crippen molar-refractivity contribution in [1.29, 1.82) is 0 Å². The molecular formula is C17H16F2N4O3S. The smallest absolute Gasteiger partial charge is 0.217 e. The van der Waals surface area contributed by atoms with Crippen molar-refractivity contribution >= 4 is 10.0 Å². The minimum Gasteiger partial charge on any atom is -0.364 e. The second-order valence-corrected chi connectivity index (χ2v) is 8.18. The molecule has 3 heterocycles. The predicted octanol–water partition coefficient (Wildman–Crippen LogP) is 2.25. The fourth-order valence-corrected chi connectivity index (χ4v) is 4.49. The minimum absolute atomic E-state index is 0.210. The summed E-state index contributed by atoms with van der Waals surface area (Å²) in [5, 5.41) is 3.61. The number of nitrogens with one attached hydrogen (secondary N) is 1. The van der Waals surface area contributed by atoms with Crippen LogP contribution in [0.25, 0.3) is 11.3 Å². The molecule has 0 aliphatic carbocycles. The maximum atomic E-state index is 14.0. The van der Waals surface area contributed by atoms with Crippen molar-refractivity contribution < 1.29 is 21.7 Å². The van der Waals surface area contributed by atoms with Gasteiger partial charge in [-0.2, -0.15) is 0 Å². The Balaban J connectivity index is 1.49. The van der Waals surface area contributed by atoms with Gasteiger partial charge < -0.3 is 9.09 Å². The van der Waals surface area contributed by atoms with Crippen LogP contribution in [0.15, 0.2) is 41.2 Å². The van der Waals surface area contributed by atoms with Crippen molar-refractivity contribution in [1.82, 2.24) is 19.4 Å². The van der Waals surface area contributed by atoms with Crippen LogP contribution in [-0.2, 0) is 28.7 Å². The molecule has 0 amide bonds. The zero-order valence-electron chi connectivity index (χ0n) is 14.1. The van der Waals surface area contributed by atoms with Gasteiger partial charge in [-0.25, -0.2) is 26.9 Å². The van der Waals surface area contributed by atoms with Crippen molar-refractivity contribution in [3.63, 3.8) is 0 Å². The lowest BCUT2D eigenvalue weighted by Gasteiger charge is -2.24. The molecule has 27 heavy (non-hydrogen) atoms. The van der Waals surface area contributed by atoms with E-state index in [9.17, 15) is 17.2 Å². The Morgan fingerprint density at radius 1 is 1.30 bits per heavy atom. The number of halogens is 2. The number of fused-ring (bicyclic) bond motifs is 1. The first-order valence-electron chi connectivity index (χ1n) is 8.30. The lowest BCUT2D eigenvalue weighted by atomic mass is 10.1. The zero-order chi connectivity index (χ0) is 19.0. The normalized spacial score (nSPS) is 17.0. The second kappa shape index (κ2) is 6.86. The Kier molecular flexibility index (Phi) is 4.52. The van der Waals surface area contributed by atoms with Crippen LogP contribution in [0.5, 0.6) is 0 Å². The van der Waals surface area contributed by atoms with Gasteiger partial charge in [-0.1, -0.05) is 5.16 Å². The van der Waals surface area contributed by atoms with Gasteiger partial charge in [0.2, 0.25) is 10.0 Å². The molecular weight excluding hydrogens is 378 g/mol. The summed E-state index contributed by atoms with van der Waals surface area (Å²) < 4.78 is 60.7. The minimum atomic E-state index is -3.57. The molecule has 1 aliphatic rings. The first-order valence-corrected chi connectivity index (χ1v) is 9.95. The van der Waals surface area contributed by atoms with Gasteiger partial charge >= 0.3 is 0 Å². The summed E-state index contributed by atoms with van der Waals surface area (Å²) in [5.74, 6) is -0.860. The van der Waals surface area contributed by atoms with Crippen LogP contribution in [0.3, 0.4) is 0 Å². The van der Waals surface area contributed by atoms with Crippen LogP contribution in [0.1, 0.15) is 17.9 Å². The third-order valence-electron chi connectivity index (χ3n) is 4.38. The molecule has 4 rings (SSSR count). The summed E-state index contributed by atoms with van der Waals surface area (Å²) in [4.78, 5) is 4.40. The van der Waals surface area contributed by atoms with E-state index in [1.807, 2.05) is 0 Å². The SMILES string of the molecule is O=S(=O)(Cc1ccon1)NC1CCc2nc(-c3ccc(F)cc3F)cn2C1. The van der Waals surface area contributed by atoms with E-state index >= 15 is 0 Å². The van der Waals surface area contributed by atoms with Crippen LogP contribution in [0, 0.1) is 11.6 Å². The monoisotopic (exact) mass is 394 g/mol. The van der Waals surface area contributed by atoms with Crippen LogP contribution in [-0.4, -0.2) is 29.2 Å². The quantitative estimate of drug-likeness (QED) is 0.717. The Labute approximate surface area is 154 Å². The third-order valence-corrected chi connectivity index (χ3v) is 5.74. The lowest BCUT2D eigenvalue weighted by molar-refractivity contribution is 0.410. The Morgan fingerprint density at radius 2 is 2.15 bits per heavy atom. The van der Waals surface area contributed by atoms with Crippen molar-refractivity contribution in [2.45, 2.75) is 31.2 Å². The third kappa shape index (κ3) is 3.91. The summed E-state index contributed by atoms with van der Waals surface area (Å²) in [7, 11) is -3.57. The molecule has 142 valence electrons. The Hall–Kier alpha value is -2.59. The van der Waals surface area contributed by atoms with Crippen molar-refractivity contribution in [3.05, 3.63) is 59.9 Å². The van der Waals surface area contributed by atoms with Gasteiger partial charge in [-0.05, 0) is 18.6 Å². The highest BCUT2D eigenvalue weighted by molar-refractivity contribution is 7.88. The second-order valence-electron chi connectivity index (χ2n) is 6.42. The highest BCUT2D eigenvalue weighted by Gasteiger charge is 2.25. The summed E-state index contributed by atoms with van der Waals surface area (Å²) in [6, 6.07) is 4.52. The topological polar surface area (TPSA) is 90.0 Å². The predicted molar refractivity (Wildman–Crippen MR) is 92.0 cm³/mol. The largest absolute Gasteiger partial charge is 0.364 e. The highest BCUT2D eigenvalue weighted by atomic mass is 32.2. The fourth-order valence-electron chi connectivity index (χ4n) is 3.17. The highest BCUT2D eigenvalue weighted by Crippen LogP contribution is 2.25. The number of sulfonamides is 1. The van der Waals surface area contributed by atoms with E-state index in [4.69, 9.17) is 0 Å². The molecule has 0 spiro atoms. The molecule has 1 N–H and O–H groups in total. The van der Waals surface area contributed by atoms with E-state index in [0.29, 0.717) is 30.8 Å². The van der Waals surface area contributed by atoms with Crippen molar-refractivity contribution in [2.24, 2.45) is 0 Å². The summed E-state index contributed by atoms with van der Waals surface area (Å²) in [5.41, 5.74) is 0.936. The number of nitrogens with zero attached hydrogens (tertiary/aromatic N) is 3. The van der Waals surface area contributed by atoms with Gasteiger partial charge in [0.05, 0.1) is 11.4 Å². The number of rotatable bonds is 5. The molecule has 1 atom stereocenters. The first-order chi connectivity index (χ1) is 12.9. The molecule has 10 heteroatoms. The summed E-state index contributed by atoms with van der Waals surface area (Å²) >= 11 is 0. The van der Waals surface area contributed by atoms with Crippen LogP contribution in [0.4, 0.5) is 8.78 Å². The van der Waals surface area contributed by atoms with Gasteiger partial charge in [0.25, 0.3) is 0 Å². The number of aromatic nitrogens is 3. The van der Waals surface area contributed by atoms with Gasteiger partial charge in [0.1, 0.15) is 29.5 Å². The fraction of sp³-hybridized carbons (Fsp3) is 0.294. The summed E-state index contributed by atoms with van der Waals surface area (Å²) in [6.07, 6.45) is 4.09. The molecule has 1 aromatic carbocycles. The van der Waals surface area contributed by atoms with Gasteiger partial charge in [-0.15, -0.1) is 0 Å². The molecule has 0 saturated heterocycles. The van der Waals surface area contributed by atoms with E-state index in [1.165, 1.54) is 24.5 Å². The number of imidazole rings is 1. The van der Waals surface area contributed by atoms with Crippen LogP contribution in [0.2, 0.25) is 0 Å². The van der Waals surface area contributed by atoms with Gasteiger partial charge in [0.15, 0.2) is 0 Å². The van der Waals surface area contributed by atoms with Crippen molar-refractivity contribution in [3.8, 4) is 11.3 Å².